The number of benzene rings is 4. The third-order valence-electron chi connectivity index (χ3n) is 8.81. The second-order valence-electron chi connectivity index (χ2n) is 14.8. The molecule has 0 fully saturated rings. The highest BCUT2D eigenvalue weighted by atomic mass is 35.5. The molecule has 9 nitrogen and oxygen atoms in total. The number of ether oxygens (including phenoxy) is 4. The summed E-state index contributed by atoms with van der Waals surface area (Å²) in [7, 11) is -2.23. The number of Topliss-reactive ketones (excluding diaryl/α,β-unsaturated/α-hetero) is 1. The molecule has 260 valence electrons. The summed E-state index contributed by atoms with van der Waals surface area (Å²) in [4.78, 5) is 52.5. The van der Waals surface area contributed by atoms with Crippen LogP contribution in [0.25, 0.3) is 10.8 Å². The van der Waals surface area contributed by atoms with Crippen molar-refractivity contribution < 1.29 is 42.7 Å². The summed E-state index contributed by atoms with van der Waals surface area (Å²) in [5.41, 5.74) is -1.56. The SMILES string of the molecule is CC(=O)CCc1cc2c(c(Cl)c1OC(=O)C(C)(C)C)Oc1cc(OC(=O)C(C)(C)C)c3ccccc3c1C21OC(=O)c2ccc([PH](C)=O)cc21. The van der Waals surface area contributed by atoms with Crippen LogP contribution in [0.5, 0.6) is 23.0 Å². The second-order valence-corrected chi connectivity index (χ2v) is 16.9. The maximum absolute atomic E-state index is 13.9. The standard InChI is InChI=1S/C39H38ClO9P/c1-20(41)13-14-21-17-27-33(31(40)32(21)48-36(44)38(5,6)7)46-29-19-28(47-35(43)37(2,3)4)23-11-9-10-12-24(23)30(29)39(27)26-18-22(50(8)45)15-16-25(26)34(42)49-39/h9-12,15-19,50H,13-14H2,1-8H3. The van der Waals surface area contributed by atoms with Crippen molar-refractivity contribution in [2.24, 2.45) is 10.8 Å². The lowest BCUT2D eigenvalue weighted by Gasteiger charge is -2.39. The minimum absolute atomic E-state index is 0.0160. The number of carbonyl (C=O) groups excluding carboxylic acids is 4. The molecule has 50 heavy (non-hydrogen) atoms. The fraction of sp³-hybridized carbons (Fsp3) is 0.333. The molecule has 2 heterocycles. The molecule has 0 aliphatic carbocycles. The molecule has 0 radical (unpaired) electrons. The molecule has 0 amide bonds. The molecule has 4 aromatic carbocycles. The number of hydrogen-bond acceptors (Lipinski definition) is 9. The molecule has 0 bridgehead atoms. The fourth-order valence-corrected chi connectivity index (χ4v) is 7.06. The number of aryl methyl sites for hydroxylation is 1. The molecule has 6 rings (SSSR count). The minimum Gasteiger partial charge on any atom is -0.455 e. The molecule has 2 aliphatic rings. The van der Waals surface area contributed by atoms with Gasteiger partial charge in [0.25, 0.3) is 0 Å². The Balaban J connectivity index is 1.74. The molecule has 0 N–H and O–H groups in total. The lowest BCUT2D eigenvalue weighted by molar-refractivity contribution is -0.143. The van der Waals surface area contributed by atoms with Crippen LogP contribution in [-0.2, 0) is 35.7 Å². The Morgan fingerprint density at radius 3 is 2.14 bits per heavy atom. The highest BCUT2D eigenvalue weighted by molar-refractivity contribution is 7.52. The average molecular weight is 717 g/mol. The zero-order chi connectivity index (χ0) is 36.5. The average Bonchev–Trinajstić information content (AvgIpc) is 3.32. The Morgan fingerprint density at radius 1 is 0.880 bits per heavy atom. The molecule has 2 atom stereocenters. The van der Waals surface area contributed by atoms with Crippen LogP contribution >= 0.6 is 19.4 Å². The lowest BCUT2D eigenvalue weighted by atomic mass is 9.75. The third-order valence-corrected chi connectivity index (χ3v) is 10.3. The highest BCUT2D eigenvalue weighted by Gasteiger charge is 2.56. The van der Waals surface area contributed by atoms with E-state index < -0.39 is 42.1 Å². The molecule has 11 heteroatoms. The summed E-state index contributed by atoms with van der Waals surface area (Å²) >= 11 is 7.16. The Kier molecular flexibility index (Phi) is 8.77. The van der Waals surface area contributed by atoms with E-state index in [0.29, 0.717) is 38.3 Å². The van der Waals surface area contributed by atoms with Crippen molar-refractivity contribution >= 4 is 59.2 Å². The van der Waals surface area contributed by atoms with E-state index in [4.69, 9.17) is 30.5 Å². The molecule has 0 saturated carbocycles. The van der Waals surface area contributed by atoms with Crippen LogP contribution in [0.15, 0.2) is 54.6 Å². The molecule has 4 aromatic rings. The predicted octanol–water partition coefficient (Wildman–Crippen LogP) is 8.30. The van der Waals surface area contributed by atoms with Gasteiger partial charge in [0.2, 0.25) is 0 Å². The quantitative estimate of drug-likeness (QED) is 0.110. The van der Waals surface area contributed by atoms with Gasteiger partial charge in [-0.3, -0.25) is 9.59 Å². The van der Waals surface area contributed by atoms with Gasteiger partial charge in [0.15, 0.2) is 17.1 Å². The Bertz CT molecular complexity index is 2170. The van der Waals surface area contributed by atoms with Crippen LogP contribution in [0.2, 0.25) is 5.02 Å². The third kappa shape index (κ3) is 5.90. The van der Waals surface area contributed by atoms with Crippen LogP contribution < -0.4 is 19.5 Å². The molecule has 1 spiro atoms. The maximum Gasteiger partial charge on any atom is 0.340 e. The van der Waals surface area contributed by atoms with E-state index in [1.165, 1.54) is 6.92 Å². The summed E-state index contributed by atoms with van der Waals surface area (Å²) < 4.78 is 37.9. The van der Waals surface area contributed by atoms with Gasteiger partial charge in [0, 0.05) is 34.3 Å². The van der Waals surface area contributed by atoms with Crippen molar-refractivity contribution in [3.8, 4) is 23.0 Å². The largest absolute Gasteiger partial charge is 0.455 e. The molecular formula is C39H38ClO9P. The number of esters is 3. The number of rotatable bonds is 6. The van der Waals surface area contributed by atoms with Crippen molar-refractivity contribution in [3.05, 3.63) is 87.4 Å². The van der Waals surface area contributed by atoms with E-state index in [2.05, 4.69) is 0 Å². The Labute approximate surface area is 296 Å². The van der Waals surface area contributed by atoms with Crippen molar-refractivity contribution in [2.45, 2.75) is 66.9 Å². The van der Waals surface area contributed by atoms with Gasteiger partial charge in [-0.1, -0.05) is 41.9 Å². The summed E-state index contributed by atoms with van der Waals surface area (Å²) in [5, 5.41) is 1.57. The first-order chi connectivity index (χ1) is 23.3. The normalized spacial score (nSPS) is 16.9. The van der Waals surface area contributed by atoms with Crippen molar-refractivity contribution in [2.75, 3.05) is 6.66 Å². The number of carbonyl (C=O) groups is 4. The second kappa shape index (κ2) is 12.4. The minimum atomic E-state index is -2.23. The van der Waals surface area contributed by atoms with Crippen LogP contribution in [-0.4, -0.2) is 30.4 Å². The summed E-state index contributed by atoms with van der Waals surface area (Å²) in [5.74, 6) is -1.32. The van der Waals surface area contributed by atoms with E-state index in [1.807, 2.05) is 6.07 Å². The van der Waals surface area contributed by atoms with Crippen molar-refractivity contribution in [1.82, 2.24) is 0 Å². The molecule has 0 aromatic heterocycles. The van der Waals surface area contributed by atoms with Gasteiger partial charge in [0.05, 0.1) is 22.0 Å². The van der Waals surface area contributed by atoms with Crippen LogP contribution in [0.1, 0.15) is 87.5 Å². The highest BCUT2D eigenvalue weighted by Crippen LogP contribution is 2.62. The maximum atomic E-state index is 13.9. The van der Waals surface area contributed by atoms with Crippen molar-refractivity contribution in [3.63, 3.8) is 0 Å². The Hall–Kier alpha value is -4.46. The molecule has 2 unspecified atom stereocenters. The fourth-order valence-electron chi connectivity index (χ4n) is 6.09. The monoisotopic (exact) mass is 716 g/mol. The first-order valence-electron chi connectivity index (χ1n) is 16.3. The molecular weight excluding hydrogens is 679 g/mol. The van der Waals surface area contributed by atoms with Crippen LogP contribution in [0.3, 0.4) is 0 Å². The lowest BCUT2D eigenvalue weighted by Crippen LogP contribution is -2.34. The van der Waals surface area contributed by atoms with Crippen LogP contribution in [0.4, 0.5) is 0 Å². The molecule has 0 saturated heterocycles. The van der Waals surface area contributed by atoms with E-state index in [1.54, 1.807) is 96.7 Å². The number of ketones is 1. The number of fused-ring (bicyclic) bond motifs is 8. The molecule has 2 aliphatic heterocycles. The van der Waals surface area contributed by atoms with E-state index in [-0.39, 0.29) is 52.2 Å². The summed E-state index contributed by atoms with van der Waals surface area (Å²) in [6, 6.07) is 15.4. The van der Waals surface area contributed by atoms with Gasteiger partial charge in [-0.05, 0) is 90.7 Å². The van der Waals surface area contributed by atoms with Gasteiger partial charge in [-0.15, -0.1) is 0 Å². The van der Waals surface area contributed by atoms with Gasteiger partial charge in [0.1, 0.15) is 30.1 Å². The Morgan fingerprint density at radius 2 is 1.52 bits per heavy atom. The summed E-state index contributed by atoms with van der Waals surface area (Å²) in [6.07, 6.45) is 0.271. The first kappa shape index (κ1) is 35.4. The zero-order valence-electron chi connectivity index (χ0n) is 29.2. The van der Waals surface area contributed by atoms with Gasteiger partial charge in [-0.2, -0.15) is 0 Å². The zero-order valence-corrected chi connectivity index (χ0v) is 30.9. The van der Waals surface area contributed by atoms with E-state index in [0.717, 1.165) is 0 Å². The number of hydrogen-bond donors (Lipinski definition) is 0. The smallest absolute Gasteiger partial charge is 0.340 e. The van der Waals surface area contributed by atoms with Gasteiger partial charge >= 0.3 is 17.9 Å². The van der Waals surface area contributed by atoms with E-state index >= 15 is 0 Å². The van der Waals surface area contributed by atoms with Gasteiger partial charge in [-0.25, -0.2) is 4.79 Å². The van der Waals surface area contributed by atoms with Gasteiger partial charge < -0.3 is 28.3 Å². The van der Waals surface area contributed by atoms with Crippen molar-refractivity contribution in [1.29, 1.82) is 0 Å². The van der Waals surface area contributed by atoms with E-state index in [9.17, 15) is 23.7 Å². The summed E-state index contributed by atoms with van der Waals surface area (Å²) in [6.45, 7) is 13.4. The van der Waals surface area contributed by atoms with Crippen LogP contribution in [0, 0.1) is 10.8 Å². The predicted molar refractivity (Wildman–Crippen MR) is 191 cm³/mol. The number of halogens is 1. The topological polar surface area (TPSA) is 122 Å². The first-order valence-corrected chi connectivity index (χ1v) is 18.6.